The van der Waals surface area contributed by atoms with E-state index in [9.17, 15) is 15.2 Å². The molecule has 0 aromatic rings. The second-order valence-corrected chi connectivity index (χ2v) is 7.52. The van der Waals surface area contributed by atoms with Crippen LogP contribution < -0.4 is 5.73 Å². The lowest BCUT2D eigenvalue weighted by atomic mass is 9.63. The second-order valence-electron chi connectivity index (χ2n) is 7.52. The molecule has 0 saturated carbocycles. The van der Waals surface area contributed by atoms with Crippen molar-refractivity contribution in [2.75, 3.05) is 6.54 Å². The fraction of sp³-hybridized carbons (Fsp3) is 0.895. The molecular formula is C19H35N3O2. The molecule has 0 unspecified atom stereocenters. The van der Waals surface area contributed by atoms with Gasteiger partial charge in [0.1, 0.15) is 0 Å². The maximum Gasteiger partial charge on any atom is 0.222 e. The van der Waals surface area contributed by atoms with Gasteiger partial charge in [0.25, 0.3) is 0 Å². The van der Waals surface area contributed by atoms with Gasteiger partial charge in [-0.25, -0.2) is 0 Å². The molecular weight excluding hydrogens is 302 g/mol. The first kappa shape index (κ1) is 20.9. The highest BCUT2D eigenvalue weighted by atomic mass is 16.3. The summed E-state index contributed by atoms with van der Waals surface area (Å²) in [7, 11) is 0. The molecule has 2 atom stereocenters. The van der Waals surface area contributed by atoms with Gasteiger partial charge in [-0.15, -0.1) is 0 Å². The van der Waals surface area contributed by atoms with Crippen molar-refractivity contribution < 1.29 is 9.90 Å². The SMILES string of the molecule is CCC(N)(CC)[C@H](CC(CC)(CC)[C@@](C)(O)C#N)N1CCCC1=O. The number of likely N-dealkylation sites (tertiary alicyclic amines) is 1. The smallest absolute Gasteiger partial charge is 0.222 e. The summed E-state index contributed by atoms with van der Waals surface area (Å²) in [6.07, 6.45) is 4.85. The number of nitrogens with zero attached hydrogens (tertiary/aromatic N) is 2. The van der Waals surface area contributed by atoms with Gasteiger partial charge in [-0.05, 0) is 45.4 Å². The lowest BCUT2D eigenvalue weighted by Gasteiger charge is -2.49. The standard InChI is InChI=1S/C19H35N3O2/c1-6-18(7-2,17(5,24)14-20)13-15(19(21,8-3)9-4)22-12-10-11-16(22)23/h15,24H,6-13,21H2,1-5H3/t15-,17-/m0/s1. The summed E-state index contributed by atoms with van der Waals surface area (Å²) in [5, 5.41) is 20.3. The molecule has 0 aliphatic carbocycles. The van der Waals surface area contributed by atoms with Crippen LogP contribution in [0, 0.1) is 16.7 Å². The molecule has 24 heavy (non-hydrogen) atoms. The van der Waals surface area contributed by atoms with Crippen LogP contribution in [0.1, 0.15) is 79.6 Å². The molecule has 0 aromatic carbocycles. The average Bonchev–Trinajstić information content (AvgIpc) is 3.01. The molecule has 0 aromatic heterocycles. The van der Waals surface area contributed by atoms with Crippen molar-refractivity contribution >= 4 is 5.91 Å². The van der Waals surface area contributed by atoms with Gasteiger partial charge >= 0.3 is 0 Å². The van der Waals surface area contributed by atoms with E-state index in [-0.39, 0.29) is 11.9 Å². The number of hydrogen-bond acceptors (Lipinski definition) is 4. The van der Waals surface area contributed by atoms with Crippen molar-refractivity contribution in [1.29, 1.82) is 5.26 Å². The van der Waals surface area contributed by atoms with E-state index in [4.69, 9.17) is 5.73 Å². The van der Waals surface area contributed by atoms with Crippen LogP contribution in [0.25, 0.3) is 0 Å². The molecule has 1 aliphatic rings. The lowest BCUT2D eigenvalue weighted by Crippen LogP contribution is -2.61. The summed E-state index contributed by atoms with van der Waals surface area (Å²) in [5.74, 6) is 0.148. The monoisotopic (exact) mass is 337 g/mol. The Labute approximate surface area is 147 Å². The number of carbonyl (C=O) groups excluding carboxylic acids is 1. The van der Waals surface area contributed by atoms with Gasteiger partial charge in [0.2, 0.25) is 5.91 Å². The van der Waals surface area contributed by atoms with Crippen LogP contribution in [0.4, 0.5) is 0 Å². The predicted octanol–water partition coefficient (Wildman–Crippen LogP) is 2.97. The third kappa shape index (κ3) is 3.60. The Balaban J connectivity index is 3.33. The minimum absolute atomic E-state index is 0.148. The third-order valence-electron chi connectivity index (χ3n) is 6.65. The predicted molar refractivity (Wildman–Crippen MR) is 96.1 cm³/mol. The number of rotatable bonds is 9. The van der Waals surface area contributed by atoms with E-state index >= 15 is 0 Å². The number of hydrogen-bond donors (Lipinski definition) is 2. The first-order valence-electron chi connectivity index (χ1n) is 9.38. The van der Waals surface area contributed by atoms with E-state index in [1.807, 2.05) is 18.7 Å². The maximum atomic E-state index is 12.4. The van der Waals surface area contributed by atoms with Gasteiger partial charge in [0.15, 0.2) is 5.60 Å². The second kappa shape index (κ2) is 7.84. The van der Waals surface area contributed by atoms with Crippen molar-refractivity contribution in [2.45, 2.75) is 96.7 Å². The highest BCUT2D eigenvalue weighted by Gasteiger charge is 2.51. The van der Waals surface area contributed by atoms with Gasteiger partial charge in [0.05, 0.1) is 12.1 Å². The summed E-state index contributed by atoms with van der Waals surface area (Å²) in [6.45, 7) is 10.4. The first-order valence-corrected chi connectivity index (χ1v) is 9.38. The highest BCUT2D eigenvalue weighted by Crippen LogP contribution is 2.46. The summed E-state index contributed by atoms with van der Waals surface area (Å²) < 4.78 is 0. The maximum absolute atomic E-state index is 12.4. The van der Waals surface area contributed by atoms with Crippen molar-refractivity contribution in [1.82, 2.24) is 4.90 Å². The van der Waals surface area contributed by atoms with Crippen molar-refractivity contribution in [3.05, 3.63) is 0 Å². The molecule has 138 valence electrons. The zero-order valence-electron chi connectivity index (χ0n) is 16.1. The van der Waals surface area contributed by atoms with Crippen molar-refractivity contribution in [2.24, 2.45) is 11.1 Å². The van der Waals surface area contributed by atoms with Crippen LogP contribution in [0.3, 0.4) is 0 Å². The number of nitriles is 1. The van der Waals surface area contributed by atoms with E-state index < -0.39 is 16.6 Å². The van der Waals surface area contributed by atoms with E-state index in [0.717, 1.165) is 25.8 Å². The Morgan fingerprint density at radius 1 is 1.25 bits per heavy atom. The third-order valence-corrected chi connectivity index (χ3v) is 6.65. The largest absolute Gasteiger partial charge is 0.375 e. The molecule has 3 N–H and O–H groups in total. The number of amides is 1. The van der Waals surface area contributed by atoms with E-state index in [0.29, 0.717) is 25.7 Å². The molecule has 1 rings (SSSR count). The Bertz CT molecular complexity index is 473. The number of aliphatic hydroxyl groups is 1. The van der Waals surface area contributed by atoms with Crippen molar-refractivity contribution in [3.8, 4) is 6.07 Å². The molecule has 5 nitrogen and oxygen atoms in total. The van der Waals surface area contributed by atoms with Crippen LogP contribution in [-0.2, 0) is 4.79 Å². The van der Waals surface area contributed by atoms with Crippen LogP contribution in [-0.4, -0.2) is 39.6 Å². The van der Waals surface area contributed by atoms with Crippen LogP contribution in [0.15, 0.2) is 0 Å². The highest BCUT2D eigenvalue weighted by molar-refractivity contribution is 5.78. The Hall–Kier alpha value is -1.12. The topological polar surface area (TPSA) is 90.3 Å². The van der Waals surface area contributed by atoms with Gasteiger partial charge in [-0.2, -0.15) is 5.26 Å². The first-order chi connectivity index (χ1) is 11.2. The lowest BCUT2D eigenvalue weighted by molar-refractivity contribution is -0.134. The number of nitrogens with two attached hydrogens (primary N) is 1. The fourth-order valence-electron chi connectivity index (χ4n) is 4.26. The van der Waals surface area contributed by atoms with Crippen LogP contribution in [0.5, 0.6) is 0 Å². The van der Waals surface area contributed by atoms with E-state index in [1.54, 1.807) is 6.92 Å². The molecule has 0 bridgehead atoms. The summed E-state index contributed by atoms with van der Waals surface area (Å²) in [5.41, 5.74) is 4.20. The minimum Gasteiger partial charge on any atom is -0.375 e. The minimum atomic E-state index is -1.44. The molecule has 1 aliphatic heterocycles. The van der Waals surface area contributed by atoms with Crippen LogP contribution in [0.2, 0.25) is 0 Å². The van der Waals surface area contributed by atoms with Gasteiger partial charge in [-0.1, -0.05) is 27.7 Å². The number of carbonyl (C=O) groups is 1. The summed E-state index contributed by atoms with van der Waals surface area (Å²) in [6, 6.07) is 1.94. The Kier molecular flexibility index (Phi) is 6.84. The van der Waals surface area contributed by atoms with Gasteiger partial charge < -0.3 is 15.7 Å². The molecule has 0 radical (unpaired) electrons. The zero-order chi connectivity index (χ0) is 18.6. The molecule has 1 heterocycles. The zero-order valence-corrected chi connectivity index (χ0v) is 16.1. The summed E-state index contributed by atoms with van der Waals surface area (Å²) in [4.78, 5) is 14.3. The van der Waals surface area contributed by atoms with E-state index in [2.05, 4.69) is 19.9 Å². The average molecular weight is 338 g/mol. The summed E-state index contributed by atoms with van der Waals surface area (Å²) >= 11 is 0. The van der Waals surface area contributed by atoms with Gasteiger partial charge in [-0.3, -0.25) is 4.79 Å². The van der Waals surface area contributed by atoms with Gasteiger partial charge in [0, 0.05) is 23.9 Å². The molecule has 0 spiro atoms. The Morgan fingerprint density at radius 2 is 1.79 bits per heavy atom. The molecule has 1 saturated heterocycles. The Morgan fingerprint density at radius 3 is 2.12 bits per heavy atom. The quantitative estimate of drug-likeness (QED) is 0.633. The molecule has 5 heteroatoms. The van der Waals surface area contributed by atoms with Crippen molar-refractivity contribution in [3.63, 3.8) is 0 Å². The molecule has 1 fully saturated rings. The fourth-order valence-corrected chi connectivity index (χ4v) is 4.26. The van der Waals surface area contributed by atoms with Crippen LogP contribution >= 0.6 is 0 Å². The van der Waals surface area contributed by atoms with E-state index in [1.165, 1.54) is 0 Å². The normalized spacial score (nSPS) is 19.9. The molecule has 1 amide bonds.